The lowest BCUT2D eigenvalue weighted by Gasteiger charge is -2.33. The molecule has 0 aromatic carbocycles. The van der Waals surface area contributed by atoms with Gasteiger partial charge in [0.25, 0.3) is 19.7 Å². The predicted octanol–water partition coefficient (Wildman–Crippen LogP) is 1.38. The predicted molar refractivity (Wildman–Crippen MR) is 58.9 cm³/mol. The molecule has 0 atom stereocenters. The molecule has 21 heavy (non-hydrogen) atoms. The second-order valence-electron chi connectivity index (χ2n) is 4.88. The molecule has 0 aliphatic carbocycles. The molecule has 126 valence electrons. The van der Waals surface area contributed by atoms with Crippen molar-refractivity contribution in [3.05, 3.63) is 0 Å². The first-order valence-electron chi connectivity index (χ1n) is 5.55. The van der Waals surface area contributed by atoms with Crippen LogP contribution in [0.15, 0.2) is 0 Å². The Labute approximate surface area is 117 Å². The lowest BCUT2D eigenvalue weighted by Crippen LogP contribution is -2.55. The zero-order valence-corrected chi connectivity index (χ0v) is 12.0. The van der Waals surface area contributed by atoms with E-state index in [9.17, 15) is 43.2 Å². The van der Waals surface area contributed by atoms with Gasteiger partial charge in [-0.2, -0.15) is 26.3 Å². The number of nitrogens with zero attached hydrogens (tertiary/aromatic N) is 1. The Hall–Kier alpha value is -0.560. The van der Waals surface area contributed by atoms with Crippen LogP contribution in [0.1, 0.15) is 12.8 Å². The van der Waals surface area contributed by atoms with Gasteiger partial charge in [-0.3, -0.25) is 4.48 Å². The number of alkyl halides is 6. The second-order valence-corrected chi connectivity index (χ2v) is 8.78. The molecule has 1 fully saturated rings. The highest BCUT2D eigenvalue weighted by Crippen LogP contribution is 2.33. The van der Waals surface area contributed by atoms with Gasteiger partial charge in [-0.05, 0) is 0 Å². The Kier molecular flexibility index (Phi) is 4.63. The van der Waals surface area contributed by atoms with E-state index < -0.39 is 46.9 Å². The Bertz CT molecular complexity index is 537. The van der Waals surface area contributed by atoms with Crippen LogP contribution in [-0.2, 0) is 19.7 Å². The lowest BCUT2D eigenvalue weighted by molar-refractivity contribution is -0.894. The Morgan fingerprint density at radius 2 is 1.00 bits per heavy atom. The van der Waals surface area contributed by atoms with Gasteiger partial charge in [-0.25, -0.2) is 16.8 Å². The van der Waals surface area contributed by atoms with Gasteiger partial charge in [0.15, 0.2) is 11.8 Å². The summed E-state index contributed by atoms with van der Waals surface area (Å²) in [6.45, 7) is -0.741. The number of hydrogen-bond donors (Lipinski definition) is 0. The van der Waals surface area contributed by atoms with Crippen molar-refractivity contribution in [3.63, 3.8) is 0 Å². The van der Waals surface area contributed by atoms with Gasteiger partial charge in [0.2, 0.25) is 0 Å². The molecule has 1 aliphatic heterocycles. The minimum atomic E-state index is -5.72. The highest BCUT2D eigenvalue weighted by atomic mass is 32.2. The van der Waals surface area contributed by atoms with Crippen LogP contribution in [0.5, 0.6) is 0 Å². The molecule has 1 rings (SSSR count). The number of likely N-dealkylation sites (tertiary alicyclic amines) is 1. The van der Waals surface area contributed by atoms with Crippen molar-refractivity contribution in [1.82, 2.24) is 0 Å². The van der Waals surface area contributed by atoms with E-state index >= 15 is 0 Å². The topological polar surface area (TPSA) is 68.3 Å². The van der Waals surface area contributed by atoms with Crippen molar-refractivity contribution < 1.29 is 47.7 Å². The van der Waals surface area contributed by atoms with E-state index in [1.807, 2.05) is 0 Å². The van der Waals surface area contributed by atoms with Gasteiger partial charge in [0.05, 0.1) is 13.1 Å². The van der Waals surface area contributed by atoms with E-state index in [1.54, 1.807) is 0 Å². The average molecular weight is 364 g/mol. The number of quaternary nitrogens is 1. The summed E-state index contributed by atoms with van der Waals surface area (Å²) in [7, 11) is -11.4. The normalized spacial score (nSPS) is 20.7. The summed E-state index contributed by atoms with van der Waals surface area (Å²) in [6.07, 6.45) is 0.307. The highest BCUT2D eigenvalue weighted by molar-refractivity contribution is 7.92. The van der Waals surface area contributed by atoms with E-state index in [2.05, 4.69) is 0 Å². The third-order valence-corrected chi connectivity index (χ3v) is 6.29. The first kappa shape index (κ1) is 18.5. The number of rotatable bonds is 4. The van der Waals surface area contributed by atoms with Crippen LogP contribution in [0.25, 0.3) is 0 Å². The summed E-state index contributed by atoms with van der Waals surface area (Å²) in [5.41, 5.74) is -11.3. The van der Waals surface area contributed by atoms with Crippen molar-refractivity contribution in [2.45, 2.75) is 23.9 Å². The van der Waals surface area contributed by atoms with E-state index in [0.29, 0.717) is 0 Å². The number of halogens is 6. The minimum Gasteiger partial charge on any atom is -0.298 e. The zero-order valence-electron chi connectivity index (χ0n) is 10.4. The van der Waals surface area contributed by atoms with Crippen LogP contribution in [0.2, 0.25) is 0 Å². The summed E-state index contributed by atoms with van der Waals surface area (Å²) in [5, 5.41) is 0. The van der Waals surface area contributed by atoms with Gasteiger partial charge in [-0.15, -0.1) is 0 Å². The molecule has 1 heterocycles. The molecule has 13 heteroatoms. The molecule has 0 unspecified atom stereocenters. The van der Waals surface area contributed by atoms with Gasteiger partial charge >= 0.3 is 11.0 Å². The maximum Gasteiger partial charge on any atom is 0.502 e. The van der Waals surface area contributed by atoms with Crippen molar-refractivity contribution in [3.8, 4) is 0 Å². The van der Waals surface area contributed by atoms with E-state index in [-0.39, 0.29) is 25.9 Å². The standard InChI is InChI=1S/C8H12F6NO4S2/c9-7(10,11)20(16,17)5-15(3-1-2-4-15)6-21(18,19)8(12,13)14/h1-6H2/q+1. The summed E-state index contributed by atoms with van der Waals surface area (Å²) < 4.78 is 117. The molecule has 0 spiro atoms. The van der Waals surface area contributed by atoms with E-state index in [1.165, 1.54) is 0 Å². The zero-order chi connectivity index (χ0) is 16.7. The van der Waals surface area contributed by atoms with Crippen LogP contribution in [0.3, 0.4) is 0 Å². The van der Waals surface area contributed by atoms with Crippen molar-refractivity contribution in [2.24, 2.45) is 0 Å². The van der Waals surface area contributed by atoms with E-state index in [4.69, 9.17) is 0 Å². The molecule has 0 saturated carbocycles. The van der Waals surface area contributed by atoms with Crippen molar-refractivity contribution in [2.75, 3.05) is 24.8 Å². The number of sulfone groups is 2. The molecule has 0 aromatic rings. The summed E-state index contributed by atoms with van der Waals surface area (Å²) in [5.74, 6) is -3.41. The monoisotopic (exact) mass is 364 g/mol. The maximum absolute atomic E-state index is 12.4. The van der Waals surface area contributed by atoms with Crippen molar-refractivity contribution >= 4 is 19.7 Å². The average Bonchev–Trinajstić information content (AvgIpc) is 2.60. The van der Waals surface area contributed by atoms with Crippen LogP contribution in [0, 0.1) is 0 Å². The van der Waals surface area contributed by atoms with Gasteiger partial charge < -0.3 is 0 Å². The molecule has 1 saturated heterocycles. The summed E-state index contributed by atoms with van der Waals surface area (Å²) in [6, 6.07) is 0. The molecule has 1 aliphatic rings. The second kappa shape index (κ2) is 5.26. The third kappa shape index (κ3) is 4.00. The first-order chi connectivity index (χ1) is 9.12. The van der Waals surface area contributed by atoms with E-state index in [0.717, 1.165) is 0 Å². The van der Waals surface area contributed by atoms with Crippen molar-refractivity contribution in [1.29, 1.82) is 0 Å². The molecule has 0 radical (unpaired) electrons. The minimum absolute atomic E-state index is 0.154. The quantitative estimate of drug-likeness (QED) is 0.558. The molecule has 0 bridgehead atoms. The Morgan fingerprint density at radius 1 is 0.714 bits per heavy atom. The first-order valence-corrected chi connectivity index (χ1v) is 8.86. The van der Waals surface area contributed by atoms with Crippen LogP contribution < -0.4 is 0 Å². The largest absolute Gasteiger partial charge is 0.502 e. The summed E-state index contributed by atoms with van der Waals surface area (Å²) >= 11 is 0. The fourth-order valence-electron chi connectivity index (χ4n) is 2.17. The summed E-state index contributed by atoms with van der Waals surface area (Å²) in [4.78, 5) is 0. The maximum atomic E-state index is 12.4. The van der Waals surface area contributed by atoms with Crippen LogP contribution >= 0.6 is 0 Å². The van der Waals surface area contributed by atoms with Gasteiger partial charge in [-0.1, -0.05) is 0 Å². The van der Waals surface area contributed by atoms with Crippen LogP contribution in [0.4, 0.5) is 26.3 Å². The SMILES string of the molecule is O=S(=O)(C[N+]1(CS(=O)(=O)C(F)(F)F)CCCC1)C(F)(F)F. The molecule has 5 nitrogen and oxygen atoms in total. The molecule has 0 N–H and O–H groups in total. The fourth-order valence-corrected chi connectivity index (χ4v) is 4.72. The molecule has 0 amide bonds. The smallest absolute Gasteiger partial charge is 0.298 e. The third-order valence-electron chi connectivity index (χ3n) is 3.11. The van der Waals surface area contributed by atoms with Gasteiger partial charge in [0, 0.05) is 12.8 Å². The Morgan fingerprint density at radius 3 is 1.24 bits per heavy atom. The molecular formula is C8H12F6NO4S2+. The van der Waals surface area contributed by atoms with Gasteiger partial charge in [0.1, 0.15) is 0 Å². The highest BCUT2D eigenvalue weighted by Gasteiger charge is 2.56. The molecule has 0 aromatic heterocycles. The number of hydrogen-bond acceptors (Lipinski definition) is 4. The fraction of sp³-hybridized carbons (Fsp3) is 1.00. The van der Waals surface area contributed by atoms with Crippen LogP contribution in [-0.4, -0.2) is 57.2 Å². The lowest BCUT2D eigenvalue weighted by atomic mass is 10.4. The molecular weight excluding hydrogens is 352 g/mol. The Balaban J connectivity index is 3.13.